The van der Waals surface area contributed by atoms with E-state index in [1.165, 1.54) is 32.4 Å². The number of hydrogen-bond acceptors (Lipinski definition) is 4. The lowest BCUT2D eigenvalue weighted by atomic mass is 9.94. The van der Waals surface area contributed by atoms with Gasteiger partial charge in [0.25, 0.3) is 0 Å². The Labute approximate surface area is 121 Å². The smallest absolute Gasteiger partial charge is 0.120 e. The first-order valence-corrected chi connectivity index (χ1v) is 7.44. The number of ether oxygens (including phenoxy) is 1. The van der Waals surface area contributed by atoms with Gasteiger partial charge in [-0.3, -0.25) is 0 Å². The molecule has 0 atom stereocenters. The SMILES string of the molecule is COc1ccc(O)c(CNCCC2CCN(C)CC2)c1. The monoisotopic (exact) mass is 278 g/mol. The second kappa shape index (κ2) is 7.50. The Balaban J connectivity index is 1.70. The third kappa shape index (κ3) is 4.39. The molecule has 1 aromatic rings. The normalized spacial score (nSPS) is 17.3. The number of nitrogens with zero attached hydrogens (tertiary/aromatic N) is 1. The molecule has 1 aromatic carbocycles. The summed E-state index contributed by atoms with van der Waals surface area (Å²) in [7, 11) is 3.84. The van der Waals surface area contributed by atoms with Gasteiger partial charge in [-0.25, -0.2) is 0 Å². The van der Waals surface area contributed by atoms with Crippen LogP contribution in [0.5, 0.6) is 11.5 Å². The molecule has 2 rings (SSSR count). The Hall–Kier alpha value is -1.26. The third-order valence-corrected chi connectivity index (χ3v) is 4.17. The maximum absolute atomic E-state index is 9.81. The van der Waals surface area contributed by atoms with E-state index in [4.69, 9.17) is 4.74 Å². The summed E-state index contributed by atoms with van der Waals surface area (Å²) < 4.78 is 5.18. The van der Waals surface area contributed by atoms with Crippen molar-refractivity contribution in [3.8, 4) is 11.5 Å². The molecule has 0 bridgehead atoms. The number of hydrogen-bond donors (Lipinski definition) is 2. The Morgan fingerprint density at radius 2 is 2.10 bits per heavy atom. The van der Waals surface area contributed by atoms with E-state index < -0.39 is 0 Å². The molecule has 4 nitrogen and oxygen atoms in total. The molecule has 1 aliphatic rings. The number of benzene rings is 1. The van der Waals surface area contributed by atoms with Crippen LogP contribution < -0.4 is 10.1 Å². The number of likely N-dealkylation sites (tertiary alicyclic amines) is 1. The summed E-state index contributed by atoms with van der Waals surface area (Å²) in [6, 6.07) is 5.35. The largest absolute Gasteiger partial charge is 0.508 e. The van der Waals surface area contributed by atoms with Gasteiger partial charge in [-0.15, -0.1) is 0 Å². The lowest BCUT2D eigenvalue weighted by Gasteiger charge is -2.28. The first-order valence-electron chi connectivity index (χ1n) is 7.44. The van der Waals surface area contributed by atoms with Crippen molar-refractivity contribution in [1.29, 1.82) is 0 Å². The number of rotatable bonds is 6. The number of piperidine rings is 1. The lowest BCUT2D eigenvalue weighted by molar-refractivity contribution is 0.211. The first kappa shape index (κ1) is 15.1. The van der Waals surface area contributed by atoms with Crippen molar-refractivity contribution >= 4 is 0 Å². The molecule has 0 amide bonds. The molecular formula is C16H26N2O2. The number of methoxy groups -OCH3 is 1. The maximum Gasteiger partial charge on any atom is 0.120 e. The number of phenolic OH excluding ortho intramolecular Hbond substituents is 1. The second-order valence-corrected chi connectivity index (χ2v) is 5.71. The Morgan fingerprint density at radius 3 is 2.80 bits per heavy atom. The van der Waals surface area contributed by atoms with Gasteiger partial charge < -0.3 is 20.1 Å². The molecule has 0 aromatic heterocycles. The van der Waals surface area contributed by atoms with Crippen LogP contribution in [0.4, 0.5) is 0 Å². The zero-order valence-corrected chi connectivity index (χ0v) is 12.6. The molecule has 0 saturated carbocycles. The standard InChI is InChI=1S/C16H26N2O2/c1-18-9-6-13(7-10-18)5-8-17-12-14-11-15(20-2)3-4-16(14)19/h3-4,11,13,17,19H,5-10,12H2,1-2H3. The zero-order chi connectivity index (χ0) is 14.4. The van der Waals surface area contributed by atoms with Gasteiger partial charge in [0, 0.05) is 12.1 Å². The van der Waals surface area contributed by atoms with Crippen molar-refractivity contribution in [2.24, 2.45) is 5.92 Å². The van der Waals surface area contributed by atoms with E-state index in [1.54, 1.807) is 19.2 Å². The van der Waals surface area contributed by atoms with Gasteiger partial charge in [0.15, 0.2) is 0 Å². The summed E-state index contributed by atoms with van der Waals surface area (Å²) in [4.78, 5) is 2.40. The van der Waals surface area contributed by atoms with Gasteiger partial charge in [-0.2, -0.15) is 0 Å². The van der Waals surface area contributed by atoms with Crippen molar-refractivity contribution in [2.45, 2.75) is 25.8 Å². The molecule has 20 heavy (non-hydrogen) atoms. The Bertz CT molecular complexity index is 415. The fourth-order valence-electron chi connectivity index (χ4n) is 2.71. The summed E-state index contributed by atoms with van der Waals surface area (Å²) >= 11 is 0. The van der Waals surface area contributed by atoms with Crippen LogP contribution in [-0.4, -0.2) is 43.8 Å². The zero-order valence-electron chi connectivity index (χ0n) is 12.6. The minimum absolute atomic E-state index is 0.331. The minimum Gasteiger partial charge on any atom is -0.508 e. The van der Waals surface area contributed by atoms with E-state index in [1.807, 2.05) is 6.07 Å². The van der Waals surface area contributed by atoms with Crippen LogP contribution in [0.1, 0.15) is 24.8 Å². The minimum atomic E-state index is 0.331. The van der Waals surface area contributed by atoms with E-state index in [-0.39, 0.29) is 0 Å². The van der Waals surface area contributed by atoms with Crippen LogP contribution >= 0.6 is 0 Å². The van der Waals surface area contributed by atoms with Crippen LogP contribution in [0, 0.1) is 5.92 Å². The Morgan fingerprint density at radius 1 is 1.35 bits per heavy atom. The predicted octanol–water partition coefficient (Wildman–Crippen LogP) is 2.22. The molecule has 112 valence electrons. The van der Waals surface area contributed by atoms with Crippen LogP contribution in [0.15, 0.2) is 18.2 Å². The fraction of sp³-hybridized carbons (Fsp3) is 0.625. The summed E-state index contributed by atoms with van der Waals surface area (Å²) in [6.07, 6.45) is 3.84. The van der Waals surface area contributed by atoms with Crippen molar-refractivity contribution < 1.29 is 9.84 Å². The molecule has 0 spiro atoms. The maximum atomic E-state index is 9.81. The fourth-order valence-corrected chi connectivity index (χ4v) is 2.71. The van der Waals surface area contributed by atoms with E-state index in [9.17, 15) is 5.11 Å². The number of nitrogens with one attached hydrogen (secondary N) is 1. The van der Waals surface area contributed by atoms with Gasteiger partial charge in [-0.05, 0) is 70.1 Å². The predicted molar refractivity (Wildman–Crippen MR) is 81.2 cm³/mol. The Kier molecular flexibility index (Phi) is 5.68. The summed E-state index contributed by atoms with van der Waals surface area (Å²) in [5, 5.41) is 13.2. The lowest BCUT2D eigenvalue weighted by Crippen LogP contribution is -2.31. The molecular weight excluding hydrogens is 252 g/mol. The van der Waals surface area contributed by atoms with Crippen molar-refractivity contribution in [1.82, 2.24) is 10.2 Å². The molecule has 2 N–H and O–H groups in total. The number of aromatic hydroxyl groups is 1. The van der Waals surface area contributed by atoms with Crippen LogP contribution in [0.3, 0.4) is 0 Å². The van der Waals surface area contributed by atoms with E-state index in [0.717, 1.165) is 23.8 Å². The molecule has 4 heteroatoms. The average molecular weight is 278 g/mol. The topological polar surface area (TPSA) is 44.7 Å². The molecule has 1 heterocycles. The van der Waals surface area contributed by atoms with Gasteiger partial charge in [0.1, 0.15) is 11.5 Å². The highest BCUT2D eigenvalue weighted by atomic mass is 16.5. The highest BCUT2D eigenvalue weighted by molar-refractivity contribution is 5.39. The van der Waals surface area contributed by atoms with Crippen molar-refractivity contribution in [3.05, 3.63) is 23.8 Å². The molecule has 1 aliphatic heterocycles. The van der Waals surface area contributed by atoms with Gasteiger partial charge in [-0.1, -0.05) is 0 Å². The highest BCUT2D eigenvalue weighted by Gasteiger charge is 2.15. The van der Waals surface area contributed by atoms with Crippen LogP contribution in [0.25, 0.3) is 0 Å². The summed E-state index contributed by atoms with van der Waals surface area (Å²) in [6.45, 7) is 4.14. The van der Waals surface area contributed by atoms with Gasteiger partial charge >= 0.3 is 0 Å². The second-order valence-electron chi connectivity index (χ2n) is 5.71. The first-order chi connectivity index (χ1) is 9.69. The van der Waals surface area contributed by atoms with Gasteiger partial charge in [0.05, 0.1) is 7.11 Å². The molecule has 1 saturated heterocycles. The van der Waals surface area contributed by atoms with E-state index in [2.05, 4.69) is 17.3 Å². The summed E-state index contributed by atoms with van der Waals surface area (Å²) in [5.74, 6) is 1.96. The summed E-state index contributed by atoms with van der Waals surface area (Å²) in [5.41, 5.74) is 0.896. The van der Waals surface area contributed by atoms with Gasteiger partial charge in [0.2, 0.25) is 0 Å². The quantitative estimate of drug-likeness (QED) is 0.783. The van der Waals surface area contributed by atoms with Crippen molar-refractivity contribution in [2.75, 3.05) is 33.8 Å². The molecule has 1 fully saturated rings. The highest BCUT2D eigenvalue weighted by Crippen LogP contribution is 2.23. The van der Waals surface area contributed by atoms with Crippen LogP contribution in [0.2, 0.25) is 0 Å². The third-order valence-electron chi connectivity index (χ3n) is 4.17. The molecule has 0 radical (unpaired) electrons. The molecule has 0 unspecified atom stereocenters. The van der Waals surface area contributed by atoms with Crippen LogP contribution in [-0.2, 0) is 6.54 Å². The van der Waals surface area contributed by atoms with Crippen molar-refractivity contribution in [3.63, 3.8) is 0 Å². The van der Waals surface area contributed by atoms with E-state index >= 15 is 0 Å². The number of phenols is 1. The molecule has 0 aliphatic carbocycles. The average Bonchev–Trinajstić information content (AvgIpc) is 2.47. The van der Waals surface area contributed by atoms with E-state index in [0.29, 0.717) is 12.3 Å².